The van der Waals surface area contributed by atoms with Crippen molar-refractivity contribution in [2.75, 3.05) is 34.7 Å². The Morgan fingerprint density at radius 1 is 0.921 bits per heavy atom. The van der Waals surface area contributed by atoms with Crippen LogP contribution < -0.4 is 5.73 Å². The van der Waals surface area contributed by atoms with Crippen LogP contribution in [0.25, 0.3) is 0 Å². The molecule has 2 fully saturated rings. The van der Waals surface area contributed by atoms with Gasteiger partial charge in [-0.25, -0.2) is 0 Å². The van der Waals surface area contributed by atoms with Gasteiger partial charge >= 0.3 is 0 Å². The number of allylic oxidation sites excluding steroid dienone is 2. The molecule has 2 aliphatic carbocycles. The molecule has 0 unspecified atom stereocenters. The van der Waals surface area contributed by atoms with Gasteiger partial charge in [0, 0.05) is 29.9 Å². The van der Waals surface area contributed by atoms with Crippen LogP contribution in [0.2, 0.25) is 0 Å². The van der Waals surface area contributed by atoms with E-state index in [0.717, 1.165) is 61.9 Å². The number of rotatable bonds is 9. The summed E-state index contributed by atoms with van der Waals surface area (Å²) < 4.78 is 0.777. The molecule has 0 radical (unpaired) electrons. The summed E-state index contributed by atoms with van der Waals surface area (Å²) in [5, 5.41) is 10.0. The van der Waals surface area contributed by atoms with Crippen LogP contribution in [0.15, 0.2) is 72.4 Å². The molecule has 0 atom stereocenters. The summed E-state index contributed by atoms with van der Waals surface area (Å²) in [6.07, 6.45) is 13.5. The second-order valence-electron chi connectivity index (χ2n) is 12.5. The molecule has 0 aromatic heterocycles. The first kappa shape index (κ1) is 28.6. The summed E-state index contributed by atoms with van der Waals surface area (Å²) in [5.41, 5.74) is 10.0. The number of hydrogen-bond donors (Lipinski definition) is 1. The van der Waals surface area contributed by atoms with E-state index < -0.39 is 0 Å². The van der Waals surface area contributed by atoms with E-state index >= 15 is 0 Å². The fraction of sp³-hybridized carbons (Fsp3) is 0.559. The summed E-state index contributed by atoms with van der Waals surface area (Å²) in [4.78, 5) is 2.43. The number of nitrogens with two attached hydrogens (primary N) is 1. The van der Waals surface area contributed by atoms with E-state index in [4.69, 9.17) is 5.73 Å². The molecule has 4 heteroatoms. The first-order chi connectivity index (χ1) is 18.3. The zero-order valence-corrected chi connectivity index (χ0v) is 24.2. The van der Waals surface area contributed by atoms with Crippen LogP contribution in [0.3, 0.4) is 0 Å². The topological polar surface area (TPSA) is 53.0 Å². The van der Waals surface area contributed by atoms with Gasteiger partial charge in [0.15, 0.2) is 0 Å². The Balaban J connectivity index is 1.65. The summed E-state index contributed by atoms with van der Waals surface area (Å²) in [7, 11) is 9.24. The molecule has 38 heavy (non-hydrogen) atoms. The normalized spacial score (nSPS) is 28.7. The maximum atomic E-state index is 10.0. The lowest BCUT2D eigenvalue weighted by atomic mass is 9.67. The molecule has 0 bridgehead atoms. The summed E-state index contributed by atoms with van der Waals surface area (Å²) in [5.74, 6) is 1.18. The average Bonchev–Trinajstić information content (AvgIpc) is 2.96. The third-order valence-corrected chi connectivity index (χ3v) is 10.4. The van der Waals surface area contributed by atoms with Crippen molar-refractivity contribution in [3.05, 3.63) is 83.6 Å². The number of hydrogen-bond acceptors (Lipinski definition) is 3. The first-order valence-corrected chi connectivity index (χ1v) is 14.7. The van der Waals surface area contributed by atoms with Gasteiger partial charge in [0.2, 0.25) is 0 Å². The second-order valence-corrected chi connectivity index (χ2v) is 12.5. The van der Waals surface area contributed by atoms with Crippen molar-refractivity contribution in [3.63, 3.8) is 0 Å². The van der Waals surface area contributed by atoms with Crippen LogP contribution >= 0.6 is 0 Å². The molecule has 2 aromatic carbocycles. The minimum atomic E-state index is -0.0152. The molecule has 0 amide bonds. The number of nitrogens with zero attached hydrogens (tertiary/aromatic N) is 3. The van der Waals surface area contributed by atoms with Gasteiger partial charge in [-0.3, -0.25) is 9.38 Å². The monoisotopic (exact) mass is 513 g/mol. The maximum absolute atomic E-state index is 10.0. The van der Waals surface area contributed by atoms with Gasteiger partial charge in [-0.05, 0) is 83.5 Å². The molecule has 4 rings (SSSR count). The van der Waals surface area contributed by atoms with Crippen LogP contribution in [0.5, 0.6) is 0 Å². The van der Waals surface area contributed by atoms with E-state index in [-0.39, 0.29) is 11.1 Å². The van der Waals surface area contributed by atoms with Gasteiger partial charge in [0.05, 0.1) is 26.2 Å². The van der Waals surface area contributed by atoms with Crippen molar-refractivity contribution >= 4 is 0 Å². The quantitative estimate of drug-likeness (QED) is 0.292. The van der Waals surface area contributed by atoms with Gasteiger partial charge in [0.1, 0.15) is 11.2 Å². The van der Waals surface area contributed by atoms with Crippen molar-refractivity contribution in [1.82, 2.24) is 4.90 Å². The fourth-order valence-electron chi connectivity index (χ4n) is 7.95. The lowest BCUT2D eigenvalue weighted by molar-refractivity contribution is -0.921. The minimum absolute atomic E-state index is 0.0152. The molecule has 2 aliphatic rings. The third kappa shape index (κ3) is 5.34. The van der Waals surface area contributed by atoms with E-state index in [1.807, 2.05) is 6.08 Å². The average molecular weight is 514 g/mol. The maximum Gasteiger partial charge on any atom is 0.129 e. The van der Waals surface area contributed by atoms with Crippen LogP contribution in [0.4, 0.5) is 0 Å². The number of quaternary nitrogens is 1. The Labute approximate surface area is 231 Å². The molecule has 4 nitrogen and oxygen atoms in total. The highest BCUT2D eigenvalue weighted by Gasteiger charge is 2.53. The van der Waals surface area contributed by atoms with Gasteiger partial charge in [-0.2, -0.15) is 5.26 Å². The summed E-state index contributed by atoms with van der Waals surface area (Å²) in [6, 6.07) is 24.7. The highest BCUT2D eigenvalue weighted by atomic mass is 15.4. The number of nitriles is 1. The summed E-state index contributed by atoms with van der Waals surface area (Å²) in [6.45, 7) is 0.788. The highest BCUT2D eigenvalue weighted by Crippen LogP contribution is 2.53. The largest absolute Gasteiger partial charge is 0.330 e. The molecule has 0 saturated heterocycles. The Bertz CT molecular complexity index is 1080. The molecule has 0 aliphatic heterocycles. The van der Waals surface area contributed by atoms with Crippen molar-refractivity contribution in [2.45, 2.75) is 75.3 Å². The number of benzene rings is 2. The molecule has 204 valence electrons. The van der Waals surface area contributed by atoms with Crippen molar-refractivity contribution in [2.24, 2.45) is 17.6 Å². The smallest absolute Gasteiger partial charge is 0.129 e. The van der Waals surface area contributed by atoms with Crippen molar-refractivity contribution in [1.29, 1.82) is 5.26 Å². The standard InChI is InChI=1S/C34H49N4/c1-37(2)33(30-13-7-5-8-14-30)22-19-29(20-23-33)32(21-27-36)38(3,4)34(31-15-9-6-10-16-31)24-17-28(18-25-34)12-11-26-35/h5-10,13-16,21,28-29H,11-12,17-20,22-26,35H2,1-4H3/q+1. The predicted octanol–water partition coefficient (Wildman–Crippen LogP) is 6.94. The summed E-state index contributed by atoms with van der Waals surface area (Å²) >= 11 is 0. The first-order valence-electron chi connectivity index (χ1n) is 14.7. The lowest BCUT2D eigenvalue weighted by Gasteiger charge is -2.55. The zero-order chi connectivity index (χ0) is 27.2. The Morgan fingerprint density at radius 2 is 1.47 bits per heavy atom. The van der Waals surface area contributed by atoms with Gasteiger partial charge in [-0.15, -0.1) is 0 Å². The predicted molar refractivity (Wildman–Crippen MR) is 158 cm³/mol. The highest BCUT2D eigenvalue weighted by molar-refractivity contribution is 5.28. The van der Waals surface area contributed by atoms with Crippen molar-refractivity contribution in [3.8, 4) is 6.07 Å². The van der Waals surface area contributed by atoms with E-state index in [1.165, 1.54) is 36.1 Å². The molecule has 0 spiro atoms. The molecule has 2 N–H and O–H groups in total. The fourth-order valence-corrected chi connectivity index (χ4v) is 7.95. The molecule has 2 aromatic rings. The Kier molecular flexibility index (Phi) is 9.14. The molecule has 0 heterocycles. The van der Waals surface area contributed by atoms with Gasteiger partial charge in [0.25, 0.3) is 0 Å². The van der Waals surface area contributed by atoms with E-state index in [2.05, 4.69) is 99.8 Å². The van der Waals surface area contributed by atoms with E-state index in [0.29, 0.717) is 5.92 Å². The van der Waals surface area contributed by atoms with Crippen LogP contribution in [0.1, 0.15) is 75.3 Å². The zero-order valence-electron chi connectivity index (χ0n) is 24.2. The molecule has 2 saturated carbocycles. The van der Waals surface area contributed by atoms with E-state index in [9.17, 15) is 5.26 Å². The van der Waals surface area contributed by atoms with Crippen LogP contribution in [-0.2, 0) is 11.1 Å². The van der Waals surface area contributed by atoms with Gasteiger partial charge < -0.3 is 5.73 Å². The van der Waals surface area contributed by atoms with Crippen LogP contribution in [0, 0.1) is 23.2 Å². The Morgan fingerprint density at radius 3 is 1.97 bits per heavy atom. The second kappa shape index (κ2) is 12.2. The molecular weight excluding hydrogens is 464 g/mol. The Hall–Kier alpha value is -2.45. The van der Waals surface area contributed by atoms with Crippen LogP contribution in [-0.4, -0.2) is 44.1 Å². The minimum Gasteiger partial charge on any atom is -0.330 e. The van der Waals surface area contributed by atoms with Crippen molar-refractivity contribution < 1.29 is 4.48 Å². The lowest BCUT2D eigenvalue weighted by Crippen LogP contribution is -2.59. The van der Waals surface area contributed by atoms with E-state index in [1.54, 1.807) is 0 Å². The molecular formula is C34H49N4+. The SMILES string of the molecule is CN(C)C1(c2ccccc2)CCC(C(=CC#N)[N+](C)(C)C2(c3ccccc3)CCC(CCCN)CC2)CC1. The third-order valence-electron chi connectivity index (χ3n) is 10.4. The van der Waals surface area contributed by atoms with Gasteiger partial charge in [-0.1, -0.05) is 60.7 Å².